The molecule has 28 heavy (non-hydrogen) atoms. The molecule has 0 saturated carbocycles. The molecule has 0 unspecified atom stereocenters. The summed E-state index contributed by atoms with van der Waals surface area (Å²) in [6, 6.07) is 13.8. The second-order valence-corrected chi connectivity index (χ2v) is 8.16. The number of halogens is 1. The standard InChI is InChI=1S/C18H15ClN6O2S/c1-12-4-2-7-15(8-12)28(26,27)24-25-18-16(10-22-25)17(20-11-21-18)23-14-6-3-5-13(19)9-14/h2-11,24H,1H3,(H,20,21,23). The number of benzene rings is 2. The van der Waals surface area contributed by atoms with Crippen molar-refractivity contribution in [1.82, 2.24) is 19.9 Å². The Labute approximate surface area is 166 Å². The molecule has 2 heterocycles. The molecule has 4 rings (SSSR count). The molecule has 0 bridgehead atoms. The first-order valence-electron chi connectivity index (χ1n) is 8.23. The van der Waals surface area contributed by atoms with Crippen LogP contribution in [0.4, 0.5) is 11.5 Å². The van der Waals surface area contributed by atoms with Gasteiger partial charge in [-0.05, 0) is 42.8 Å². The van der Waals surface area contributed by atoms with Crippen LogP contribution in [0.15, 0.2) is 66.0 Å². The minimum Gasteiger partial charge on any atom is -0.339 e. The Morgan fingerprint density at radius 2 is 1.89 bits per heavy atom. The number of anilines is 2. The maximum Gasteiger partial charge on any atom is 0.276 e. The van der Waals surface area contributed by atoms with Gasteiger partial charge in [0.05, 0.1) is 16.5 Å². The zero-order valence-corrected chi connectivity index (χ0v) is 16.2. The Balaban J connectivity index is 1.68. The highest BCUT2D eigenvalue weighted by Gasteiger charge is 2.18. The van der Waals surface area contributed by atoms with Crippen molar-refractivity contribution in [3.05, 3.63) is 71.6 Å². The van der Waals surface area contributed by atoms with E-state index in [0.717, 1.165) is 16.0 Å². The predicted molar refractivity (Wildman–Crippen MR) is 108 cm³/mol. The number of sulfonamides is 1. The van der Waals surface area contributed by atoms with Crippen molar-refractivity contribution in [2.75, 3.05) is 10.1 Å². The van der Waals surface area contributed by atoms with E-state index >= 15 is 0 Å². The van der Waals surface area contributed by atoms with Gasteiger partial charge in [-0.15, -0.1) is 4.79 Å². The van der Waals surface area contributed by atoms with Gasteiger partial charge in [-0.3, -0.25) is 0 Å². The first kappa shape index (κ1) is 18.2. The first-order valence-corrected chi connectivity index (χ1v) is 10.1. The molecule has 0 amide bonds. The minimum atomic E-state index is -3.82. The molecule has 0 spiro atoms. The van der Waals surface area contributed by atoms with Crippen LogP contribution in [-0.2, 0) is 10.0 Å². The number of hydrogen-bond donors (Lipinski definition) is 2. The lowest BCUT2D eigenvalue weighted by molar-refractivity contribution is 0.592. The summed E-state index contributed by atoms with van der Waals surface area (Å²) in [5.74, 6) is 0.480. The Bertz CT molecular complexity index is 1270. The topological polar surface area (TPSA) is 102 Å². The highest BCUT2D eigenvalue weighted by Crippen LogP contribution is 2.24. The first-order chi connectivity index (χ1) is 13.4. The third-order valence-electron chi connectivity index (χ3n) is 3.96. The van der Waals surface area contributed by atoms with E-state index in [2.05, 4.69) is 25.2 Å². The van der Waals surface area contributed by atoms with Gasteiger partial charge in [0.15, 0.2) is 5.65 Å². The Hall–Kier alpha value is -3.17. The number of fused-ring (bicyclic) bond motifs is 1. The van der Waals surface area contributed by atoms with Gasteiger partial charge in [-0.2, -0.15) is 18.3 Å². The zero-order chi connectivity index (χ0) is 19.7. The lowest BCUT2D eigenvalue weighted by atomic mass is 10.2. The third kappa shape index (κ3) is 3.62. The molecule has 0 aliphatic carbocycles. The number of hydrogen-bond acceptors (Lipinski definition) is 6. The lowest BCUT2D eigenvalue weighted by Gasteiger charge is -2.09. The smallest absolute Gasteiger partial charge is 0.276 e. The van der Waals surface area contributed by atoms with E-state index in [4.69, 9.17) is 11.6 Å². The Morgan fingerprint density at radius 3 is 2.68 bits per heavy atom. The molecule has 10 heteroatoms. The molecule has 0 aliphatic rings. The van der Waals surface area contributed by atoms with Crippen molar-refractivity contribution in [2.45, 2.75) is 11.8 Å². The van der Waals surface area contributed by atoms with E-state index in [0.29, 0.717) is 21.9 Å². The second kappa shape index (κ2) is 7.10. The van der Waals surface area contributed by atoms with Gasteiger partial charge >= 0.3 is 0 Å². The molecule has 2 aromatic carbocycles. The van der Waals surface area contributed by atoms with Gasteiger partial charge in [-0.1, -0.05) is 29.8 Å². The van der Waals surface area contributed by atoms with Crippen LogP contribution in [0.5, 0.6) is 0 Å². The van der Waals surface area contributed by atoms with Crippen LogP contribution in [0.25, 0.3) is 11.0 Å². The predicted octanol–water partition coefficient (Wildman–Crippen LogP) is 3.46. The van der Waals surface area contributed by atoms with Crippen LogP contribution in [0.2, 0.25) is 5.02 Å². The fourth-order valence-electron chi connectivity index (χ4n) is 2.66. The van der Waals surface area contributed by atoms with Crippen LogP contribution in [0.1, 0.15) is 5.56 Å². The van der Waals surface area contributed by atoms with E-state index in [1.54, 1.807) is 24.3 Å². The highest BCUT2D eigenvalue weighted by molar-refractivity contribution is 7.92. The molecule has 0 saturated heterocycles. The van der Waals surface area contributed by atoms with E-state index < -0.39 is 10.0 Å². The van der Waals surface area contributed by atoms with Gasteiger partial charge in [0, 0.05) is 10.7 Å². The highest BCUT2D eigenvalue weighted by atomic mass is 35.5. The fourth-order valence-corrected chi connectivity index (χ4v) is 3.92. The largest absolute Gasteiger partial charge is 0.339 e. The average molecular weight is 415 g/mol. The normalized spacial score (nSPS) is 11.5. The van der Waals surface area contributed by atoms with Gasteiger partial charge in [0.1, 0.15) is 12.1 Å². The molecular formula is C18H15ClN6O2S. The molecule has 2 aromatic heterocycles. The molecule has 2 N–H and O–H groups in total. The van der Waals surface area contributed by atoms with Crippen LogP contribution in [0.3, 0.4) is 0 Å². The number of aryl methyl sites for hydroxylation is 1. The maximum atomic E-state index is 12.7. The molecule has 4 aromatic rings. The summed E-state index contributed by atoms with van der Waals surface area (Å²) in [7, 11) is -3.82. The van der Waals surface area contributed by atoms with E-state index in [1.165, 1.54) is 18.6 Å². The Kier molecular flexibility index (Phi) is 4.62. The summed E-state index contributed by atoms with van der Waals surface area (Å²) in [6.07, 6.45) is 2.81. The summed E-state index contributed by atoms with van der Waals surface area (Å²) in [5, 5.41) is 8.37. The van der Waals surface area contributed by atoms with Gasteiger partial charge < -0.3 is 5.32 Å². The summed E-state index contributed by atoms with van der Waals surface area (Å²) in [4.78, 5) is 12.0. The van der Waals surface area contributed by atoms with Gasteiger partial charge in [0.25, 0.3) is 10.0 Å². The third-order valence-corrected chi connectivity index (χ3v) is 5.48. The molecular weight excluding hydrogens is 400 g/mol. The van der Waals surface area contributed by atoms with Crippen molar-refractivity contribution < 1.29 is 8.42 Å². The van der Waals surface area contributed by atoms with Crippen molar-refractivity contribution in [2.24, 2.45) is 0 Å². The fraction of sp³-hybridized carbons (Fsp3) is 0.0556. The monoisotopic (exact) mass is 414 g/mol. The van der Waals surface area contributed by atoms with Crippen LogP contribution in [-0.4, -0.2) is 28.3 Å². The number of nitrogens with zero attached hydrogens (tertiary/aromatic N) is 4. The molecule has 0 aliphatic heterocycles. The van der Waals surface area contributed by atoms with E-state index in [1.807, 2.05) is 25.1 Å². The van der Waals surface area contributed by atoms with Crippen molar-refractivity contribution in [3.8, 4) is 0 Å². The van der Waals surface area contributed by atoms with Gasteiger partial charge in [0.2, 0.25) is 0 Å². The van der Waals surface area contributed by atoms with Gasteiger partial charge in [-0.25, -0.2) is 9.97 Å². The van der Waals surface area contributed by atoms with Crippen molar-refractivity contribution in [1.29, 1.82) is 0 Å². The summed E-state index contributed by atoms with van der Waals surface area (Å²) in [6.45, 7) is 1.82. The van der Waals surface area contributed by atoms with Crippen molar-refractivity contribution >= 4 is 44.2 Å². The van der Waals surface area contributed by atoms with E-state index in [-0.39, 0.29) is 4.90 Å². The molecule has 0 atom stereocenters. The number of rotatable bonds is 5. The van der Waals surface area contributed by atoms with Crippen LogP contribution in [0, 0.1) is 6.92 Å². The summed E-state index contributed by atoms with van der Waals surface area (Å²) in [5.41, 5.74) is 1.89. The number of aromatic nitrogens is 4. The Morgan fingerprint density at radius 1 is 1.07 bits per heavy atom. The number of nitrogens with one attached hydrogen (secondary N) is 2. The minimum absolute atomic E-state index is 0.141. The van der Waals surface area contributed by atoms with Crippen LogP contribution >= 0.6 is 11.6 Å². The summed E-state index contributed by atoms with van der Waals surface area (Å²) < 4.78 is 25.3. The second-order valence-electron chi connectivity index (χ2n) is 6.06. The van der Waals surface area contributed by atoms with Crippen molar-refractivity contribution in [3.63, 3.8) is 0 Å². The quantitative estimate of drug-likeness (QED) is 0.518. The average Bonchev–Trinajstić information content (AvgIpc) is 3.05. The maximum absolute atomic E-state index is 12.7. The van der Waals surface area contributed by atoms with E-state index in [9.17, 15) is 8.42 Å². The molecule has 0 fully saturated rings. The zero-order valence-electron chi connectivity index (χ0n) is 14.7. The van der Waals surface area contributed by atoms with Crippen LogP contribution < -0.4 is 10.1 Å². The molecule has 142 valence electrons. The molecule has 8 nitrogen and oxygen atoms in total. The lowest BCUT2D eigenvalue weighted by Crippen LogP contribution is -2.24. The summed E-state index contributed by atoms with van der Waals surface area (Å²) >= 11 is 6.01. The SMILES string of the molecule is Cc1cccc(S(=O)(=O)Nn2ncc3c(Nc4cccc(Cl)c4)ncnc32)c1. The molecule has 0 radical (unpaired) electrons.